The lowest BCUT2D eigenvalue weighted by atomic mass is 9.43. The minimum absolute atomic E-state index is 0.0585. The first kappa shape index (κ1) is 33.5. The van der Waals surface area contributed by atoms with Crippen LogP contribution in [0, 0.1) is 6.92 Å². The third-order valence-electron chi connectivity index (χ3n) is 14.9. The Morgan fingerprint density at radius 1 is 0.600 bits per heavy atom. The summed E-state index contributed by atoms with van der Waals surface area (Å²) in [5.74, 6) is 0. The minimum atomic E-state index is -0.106. The maximum absolute atomic E-state index is 7.18. The van der Waals surface area contributed by atoms with Crippen LogP contribution >= 0.6 is 11.3 Å². The van der Waals surface area contributed by atoms with Gasteiger partial charge in [-0.3, -0.25) is 0 Å². The SMILES string of the molecule is Cc1cc2c(cc1N1B3c4c(cc5c(oc6ccccc65)c4-n4c5c3cccc5c3ccc5ccccc5c34)-c3c1ccc1sc4ccccc4c31)C(C)(C)CCC2(C)C. The molecule has 0 spiro atoms. The molecule has 0 saturated heterocycles. The van der Waals surface area contributed by atoms with Crippen LogP contribution in [0.25, 0.3) is 91.5 Å². The summed E-state index contributed by atoms with van der Waals surface area (Å²) in [5.41, 5.74) is 17.9. The van der Waals surface area contributed by atoms with Gasteiger partial charge in [-0.2, -0.15) is 0 Å². The number of aryl methyl sites for hydroxylation is 1. The molecular weight excluding hydrogens is 747 g/mol. The van der Waals surface area contributed by atoms with Gasteiger partial charge in [-0.1, -0.05) is 125 Å². The first-order chi connectivity index (χ1) is 29.2. The van der Waals surface area contributed by atoms with Crippen LogP contribution in [0.15, 0.2) is 138 Å². The van der Waals surface area contributed by atoms with E-state index in [9.17, 15) is 0 Å². The van der Waals surface area contributed by atoms with Crippen LogP contribution in [0.4, 0.5) is 11.4 Å². The van der Waals surface area contributed by atoms with Gasteiger partial charge in [-0.15, -0.1) is 11.3 Å². The van der Waals surface area contributed by atoms with E-state index in [0.29, 0.717) is 0 Å². The lowest BCUT2D eigenvalue weighted by molar-refractivity contribution is 0.332. The molecule has 0 fully saturated rings. The van der Waals surface area contributed by atoms with Crippen LogP contribution in [0.1, 0.15) is 57.2 Å². The molecule has 0 bridgehead atoms. The van der Waals surface area contributed by atoms with Crippen LogP contribution in [0.2, 0.25) is 0 Å². The van der Waals surface area contributed by atoms with Gasteiger partial charge in [0, 0.05) is 64.0 Å². The van der Waals surface area contributed by atoms with Crippen molar-refractivity contribution in [3.05, 3.63) is 150 Å². The van der Waals surface area contributed by atoms with Crippen LogP contribution in [-0.4, -0.2) is 11.4 Å². The third-order valence-corrected chi connectivity index (χ3v) is 16.1. The summed E-state index contributed by atoms with van der Waals surface area (Å²) in [6.07, 6.45) is 2.36. The molecule has 2 aliphatic heterocycles. The fourth-order valence-corrected chi connectivity index (χ4v) is 13.1. The standard InChI is InChI=1S/C55H41BN2OS/c1-30-27-39-40(55(4,5)26-25-54(39,2)3)29-43(30)58-42-23-24-46-48(36-16-9-11-20-45(36)60-46)47(42)38-28-37-33-15-8-10-19-44(33)59-53(37)52-49(38)56(58)41-18-12-17-34-35-22-21-31-13-6-7-14-32(31)50(35)57(52)51(34)41/h6-24,27-29H,25-26H2,1-5H3. The third kappa shape index (κ3) is 4.03. The van der Waals surface area contributed by atoms with Gasteiger partial charge in [0.1, 0.15) is 5.58 Å². The number of para-hydroxylation sites is 2. The molecule has 11 aromatic rings. The predicted octanol–water partition coefficient (Wildman–Crippen LogP) is 14.1. The molecule has 286 valence electrons. The summed E-state index contributed by atoms with van der Waals surface area (Å²) in [4.78, 5) is 2.75. The molecule has 0 unspecified atom stereocenters. The quantitative estimate of drug-likeness (QED) is 0.155. The highest BCUT2D eigenvalue weighted by molar-refractivity contribution is 7.26. The lowest BCUT2D eigenvalue weighted by Crippen LogP contribution is -2.60. The molecule has 0 radical (unpaired) electrons. The summed E-state index contributed by atoms with van der Waals surface area (Å²) in [6, 6.07) is 50.8. The lowest BCUT2D eigenvalue weighted by Gasteiger charge is -2.46. The summed E-state index contributed by atoms with van der Waals surface area (Å²) < 4.78 is 12.4. The van der Waals surface area contributed by atoms with E-state index in [2.05, 4.69) is 177 Å². The summed E-state index contributed by atoms with van der Waals surface area (Å²) >= 11 is 1.91. The molecule has 5 heterocycles. The summed E-state index contributed by atoms with van der Waals surface area (Å²) in [7, 11) is 0. The summed E-state index contributed by atoms with van der Waals surface area (Å²) in [5, 5.41) is 10.0. The van der Waals surface area contributed by atoms with Gasteiger partial charge in [0.2, 0.25) is 0 Å². The van der Waals surface area contributed by atoms with Crippen molar-refractivity contribution in [1.82, 2.24) is 4.57 Å². The molecule has 5 heteroatoms. The molecule has 14 rings (SSSR count). The zero-order chi connectivity index (χ0) is 40.0. The number of fused-ring (bicyclic) bond motifs is 18. The molecule has 0 saturated carbocycles. The Morgan fingerprint density at radius 3 is 2.17 bits per heavy atom. The van der Waals surface area contributed by atoms with Gasteiger partial charge >= 0.3 is 6.85 Å². The molecule has 8 aromatic carbocycles. The van der Waals surface area contributed by atoms with E-state index < -0.39 is 0 Å². The number of furan rings is 1. The van der Waals surface area contributed by atoms with Crippen LogP contribution in [0.5, 0.6) is 0 Å². The van der Waals surface area contributed by atoms with Crippen molar-refractivity contribution in [2.75, 3.05) is 4.81 Å². The fourth-order valence-electron chi connectivity index (χ4n) is 11.9. The molecular formula is C55H41BN2OS. The number of hydrogen-bond acceptors (Lipinski definition) is 3. The molecule has 3 nitrogen and oxygen atoms in total. The Morgan fingerprint density at radius 2 is 1.32 bits per heavy atom. The number of anilines is 2. The second-order valence-electron chi connectivity index (χ2n) is 19.1. The van der Waals surface area contributed by atoms with Crippen molar-refractivity contribution >= 4 is 115 Å². The Labute approximate surface area is 352 Å². The van der Waals surface area contributed by atoms with Gasteiger partial charge in [0.05, 0.1) is 16.7 Å². The normalized spacial score (nSPS) is 16.1. The van der Waals surface area contributed by atoms with Crippen molar-refractivity contribution in [3.8, 4) is 16.8 Å². The Kier molecular flexibility index (Phi) is 6.20. The number of hydrogen-bond donors (Lipinski definition) is 0. The van der Waals surface area contributed by atoms with E-state index in [4.69, 9.17) is 4.42 Å². The average Bonchev–Trinajstić information content (AvgIpc) is 3.94. The Balaban J connectivity index is 1.24. The maximum Gasteiger partial charge on any atom is 0.333 e. The van der Waals surface area contributed by atoms with Crippen molar-refractivity contribution in [2.24, 2.45) is 0 Å². The van der Waals surface area contributed by atoms with E-state index in [-0.39, 0.29) is 17.7 Å². The van der Waals surface area contributed by atoms with Gasteiger partial charge in [-0.25, -0.2) is 0 Å². The molecule has 0 N–H and O–H groups in total. The molecule has 0 amide bonds. The van der Waals surface area contributed by atoms with E-state index in [0.717, 1.165) is 21.9 Å². The van der Waals surface area contributed by atoms with E-state index in [1.165, 1.54) is 121 Å². The van der Waals surface area contributed by atoms with Crippen LogP contribution in [-0.2, 0) is 10.8 Å². The predicted molar refractivity (Wildman–Crippen MR) is 258 cm³/mol. The fraction of sp³-hybridized carbons (Fsp3) is 0.164. The molecule has 1 aliphatic carbocycles. The second-order valence-corrected chi connectivity index (χ2v) is 20.2. The number of thiophene rings is 1. The first-order valence-electron chi connectivity index (χ1n) is 21.5. The topological polar surface area (TPSA) is 21.3 Å². The maximum atomic E-state index is 7.18. The van der Waals surface area contributed by atoms with Gasteiger partial charge < -0.3 is 13.8 Å². The van der Waals surface area contributed by atoms with Crippen molar-refractivity contribution in [1.29, 1.82) is 0 Å². The Bertz CT molecular complexity index is 3770. The number of benzene rings is 8. The second kappa shape index (κ2) is 11.1. The Hall–Kier alpha value is -6.30. The molecule has 0 atom stereocenters. The summed E-state index contributed by atoms with van der Waals surface area (Å²) in [6.45, 7) is 12.1. The van der Waals surface area contributed by atoms with Gasteiger partial charge in [0.15, 0.2) is 5.58 Å². The van der Waals surface area contributed by atoms with Crippen LogP contribution < -0.4 is 15.7 Å². The average molecular weight is 789 g/mol. The van der Waals surface area contributed by atoms with Gasteiger partial charge in [0.25, 0.3) is 0 Å². The van der Waals surface area contributed by atoms with E-state index >= 15 is 0 Å². The highest BCUT2D eigenvalue weighted by atomic mass is 32.1. The van der Waals surface area contributed by atoms with Crippen molar-refractivity contribution in [3.63, 3.8) is 0 Å². The number of aromatic nitrogens is 1. The zero-order valence-corrected chi connectivity index (χ0v) is 35.2. The van der Waals surface area contributed by atoms with E-state index in [1.807, 2.05) is 11.3 Å². The number of nitrogens with zero attached hydrogens (tertiary/aromatic N) is 2. The highest BCUT2D eigenvalue weighted by Gasteiger charge is 2.47. The zero-order valence-electron chi connectivity index (χ0n) is 34.4. The molecule has 60 heavy (non-hydrogen) atoms. The molecule has 3 aliphatic rings. The minimum Gasteiger partial charge on any atom is -0.454 e. The van der Waals surface area contributed by atoms with Crippen molar-refractivity contribution in [2.45, 2.75) is 58.3 Å². The monoisotopic (exact) mass is 788 g/mol. The van der Waals surface area contributed by atoms with Crippen molar-refractivity contribution < 1.29 is 4.42 Å². The van der Waals surface area contributed by atoms with E-state index in [1.54, 1.807) is 0 Å². The van der Waals surface area contributed by atoms with Crippen LogP contribution in [0.3, 0.4) is 0 Å². The first-order valence-corrected chi connectivity index (χ1v) is 22.3. The smallest absolute Gasteiger partial charge is 0.333 e. The molecule has 3 aromatic heterocycles. The largest absolute Gasteiger partial charge is 0.454 e. The number of rotatable bonds is 1. The van der Waals surface area contributed by atoms with Gasteiger partial charge in [-0.05, 0) is 106 Å². The highest BCUT2D eigenvalue weighted by Crippen LogP contribution is 2.54.